The van der Waals surface area contributed by atoms with E-state index in [0.29, 0.717) is 0 Å². The van der Waals surface area contributed by atoms with Crippen molar-refractivity contribution in [1.82, 2.24) is 4.98 Å². The second-order valence-electron chi connectivity index (χ2n) is 4.25. The van der Waals surface area contributed by atoms with Gasteiger partial charge in [-0.25, -0.2) is 0 Å². The van der Waals surface area contributed by atoms with Crippen molar-refractivity contribution in [2.45, 2.75) is 24.6 Å². The van der Waals surface area contributed by atoms with Gasteiger partial charge in [-0.3, -0.25) is 9.78 Å². The van der Waals surface area contributed by atoms with Crippen molar-refractivity contribution in [1.29, 1.82) is 0 Å². The Morgan fingerprint density at radius 3 is 2.82 bits per heavy atom. The monoisotopic (exact) mass is 291 g/mol. The molecule has 1 heterocycles. The van der Waals surface area contributed by atoms with Crippen molar-refractivity contribution >= 4 is 32.5 Å². The largest absolute Gasteiger partial charge is 0.299 e. The zero-order valence-corrected chi connectivity index (χ0v) is 11.4. The van der Waals surface area contributed by atoms with Crippen LogP contribution in [0.4, 0.5) is 0 Å². The van der Waals surface area contributed by atoms with Crippen LogP contribution in [0.2, 0.25) is 0 Å². The van der Waals surface area contributed by atoms with Crippen molar-refractivity contribution in [3.8, 4) is 0 Å². The summed E-state index contributed by atoms with van der Waals surface area (Å²) >= 11 is 3.46. The van der Waals surface area contributed by atoms with Crippen molar-refractivity contribution in [3.63, 3.8) is 0 Å². The molecule has 88 valence electrons. The molecule has 2 nitrogen and oxygen atoms in total. The maximum atomic E-state index is 11.4. The van der Waals surface area contributed by atoms with Gasteiger partial charge in [0, 0.05) is 23.7 Å². The van der Waals surface area contributed by atoms with E-state index in [1.54, 1.807) is 13.1 Å². The van der Waals surface area contributed by atoms with Gasteiger partial charge in [0.25, 0.3) is 0 Å². The molecule has 0 aliphatic rings. The molecule has 0 aliphatic carbocycles. The molecule has 0 saturated heterocycles. The summed E-state index contributed by atoms with van der Waals surface area (Å²) < 4.78 is 0. The van der Waals surface area contributed by atoms with Gasteiger partial charge in [-0.15, -0.1) is 0 Å². The summed E-state index contributed by atoms with van der Waals surface area (Å²) in [7, 11) is 0. The molecule has 1 aromatic heterocycles. The first-order valence-electron chi connectivity index (χ1n) is 5.58. The first kappa shape index (κ1) is 12.2. The molecule has 1 aromatic carbocycles. The third kappa shape index (κ3) is 2.39. The Balaban J connectivity index is 2.52. The summed E-state index contributed by atoms with van der Waals surface area (Å²) in [5.41, 5.74) is 1.16. The molecule has 0 bridgehead atoms. The number of carbonyl (C=O) groups excluding carboxylic acids is 1. The molecule has 0 amide bonds. The van der Waals surface area contributed by atoms with E-state index in [0.717, 1.165) is 16.3 Å². The fourth-order valence-electron chi connectivity index (χ4n) is 2.04. The molecule has 0 spiro atoms. The molecule has 17 heavy (non-hydrogen) atoms. The summed E-state index contributed by atoms with van der Waals surface area (Å²) in [4.78, 5) is 15.4. The molecule has 2 rings (SSSR count). The summed E-state index contributed by atoms with van der Waals surface area (Å²) in [5, 5.41) is 2.28. The Kier molecular flexibility index (Phi) is 3.57. The average Bonchev–Trinajstić information content (AvgIpc) is 2.36. The maximum Gasteiger partial charge on any atom is 0.144 e. The smallest absolute Gasteiger partial charge is 0.144 e. The van der Waals surface area contributed by atoms with Gasteiger partial charge in [-0.2, -0.15) is 0 Å². The molecule has 0 fully saturated rings. The molecule has 2 aromatic rings. The second kappa shape index (κ2) is 4.96. The van der Waals surface area contributed by atoms with E-state index < -0.39 is 0 Å². The topological polar surface area (TPSA) is 30.0 Å². The van der Waals surface area contributed by atoms with Crippen LogP contribution in [-0.2, 0) is 4.79 Å². The highest BCUT2D eigenvalue weighted by Crippen LogP contribution is 2.30. The number of hydrogen-bond acceptors (Lipinski definition) is 2. The average molecular weight is 292 g/mol. The third-order valence-electron chi connectivity index (χ3n) is 3.04. The summed E-state index contributed by atoms with van der Waals surface area (Å²) in [6, 6.07) is 8.13. The van der Waals surface area contributed by atoms with E-state index in [1.807, 2.05) is 18.3 Å². The van der Waals surface area contributed by atoms with E-state index in [2.05, 4.69) is 40.0 Å². The van der Waals surface area contributed by atoms with Crippen LogP contribution in [-0.4, -0.2) is 15.6 Å². The van der Waals surface area contributed by atoms with Crippen molar-refractivity contribution in [2.24, 2.45) is 0 Å². The number of Topliss-reactive ketones (excluding diaryl/α,β-unsaturated/α-hetero) is 1. The molecular weight excluding hydrogens is 278 g/mol. The highest BCUT2D eigenvalue weighted by atomic mass is 79.9. The molecule has 3 heteroatoms. The number of halogens is 1. The highest BCUT2D eigenvalue weighted by molar-refractivity contribution is 9.10. The molecule has 0 radical (unpaired) electrons. The zero-order chi connectivity index (χ0) is 12.4. The van der Waals surface area contributed by atoms with Crippen LogP contribution >= 0.6 is 15.9 Å². The number of benzene rings is 1. The second-order valence-corrected chi connectivity index (χ2v) is 5.23. The lowest BCUT2D eigenvalue weighted by Gasteiger charge is -2.18. The van der Waals surface area contributed by atoms with Gasteiger partial charge < -0.3 is 0 Å². The van der Waals surface area contributed by atoms with Crippen LogP contribution in [0.15, 0.2) is 36.7 Å². The third-order valence-corrected chi connectivity index (χ3v) is 4.47. The lowest BCUT2D eigenvalue weighted by atomic mass is 9.92. The summed E-state index contributed by atoms with van der Waals surface area (Å²) in [6.07, 6.45) is 3.65. The van der Waals surface area contributed by atoms with Crippen LogP contribution in [0, 0.1) is 0 Å². The van der Waals surface area contributed by atoms with Gasteiger partial charge in [0.05, 0.1) is 4.83 Å². The number of alkyl halides is 1. The van der Waals surface area contributed by atoms with Crippen molar-refractivity contribution in [3.05, 3.63) is 42.2 Å². The van der Waals surface area contributed by atoms with Gasteiger partial charge >= 0.3 is 0 Å². The number of aromatic nitrogens is 1. The quantitative estimate of drug-likeness (QED) is 0.808. The number of fused-ring (bicyclic) bond motifs is 1. The molecule has 0 aliphatic heterocycles. The van der Waals surface area contributed by atoms with Crippen molar-refractivity contribution < 1.29 is 4.79 Å². The van der Waals surface area contributed by atoms with Gasteiger partial charge in [-0.05, 0) is 23.9 Å². The lowest BCUT2D eigenvalue weighted by Crippen LogP contribution is -2.17. The minimum Gasteiger partial charge on any atom is -0.299 e. The Hall–Kier alpha value is -1.22. The van der Waals surface area contributed by atoms with E-state index >= 15 is 0 Å². The molecule has 2 unspecified atom stereocenters. The number of pyridine rings is 1. The maximum absolute atomic E-state index is 11.4. The van der Waals surface area contributed by atoms with Gasteiger partial charge in [-0.1, -0.05) is 41.1 Å². The Labute approximate surface area is 109 Å². The van der Waals surface area contributed by atoms with Crippen LogP contribution in [0.25, 0.3) is 10.8 Å². The van der Waals surface area contributed by atoms with Crippen LogP contribution in [0.5, 0.6) is 0 Å². The standard InChI is InChI=1S/C14H14BrNO/c1-9(14(15)10(2)17)12-5-3-4-11-6-7-16-8-13(11)12/h3-9,14H,1-2H3. The molecule has 0 N–H and O–H groups in total. The van der Waals surface area contributed by atoms with E-state index in [4.69, 9.17) is 0 Å². The minimum atomic E-state index is -0.145. The molecule has 2 atom stereocenters. The fourth-order valence-corrected chi connectivity index (χ4v) is 2.33. The molecule has 0 saturated carbocycles. The minimum absolute atomic E-state index is 0.139. The lowest BCUT2D eigenvalue weighted by molar-refractivity contribution is -0.116. The van der Waals surface area contributed by atoms with Crippen molar-refractivity contribution in [2.75, 3.05) is 0 Å². The summed E-state index contributed by atoms with van der Waals surface area (Å²) in [6.45, 7) is 3.67. The number of hydrogen-bond donors (Lipinski definition) is 0. The SMILES string of the molecule is CC(=O)C(Br)C(C)c1cccc2ccncc12. The van der Waals surface area contributed by atoms with E-state index in [1.165, 1.54) is 0 Å². The predicted molar refractivity (Wildman–Crippen MR) is 73.6 cm³/mol. The van der Waals surface area contributed by atoms with Crippen LogP contribution in [0.1, 0.15) is 25.3 Å². The van der Waals surface area contributed by atoms with Crippen LogP contribution in [0.3, 0.4) is 0 Å². The molecular formula is C14H14BrNO. The fraction of sp³-hybridized carbons (Fsp3) is 0.286. The van der Waals surface area contributed by atoms with Crippen LogP contribution < -0.4 is 0 Å². The predicted octanol–water partition coefficient (Wildman–Crippen LogP) is 3.69. The normalized spacial score (nSPS) is 14.5. The van der Waals surface area contributed by atoms with Gasteiger partial charge in [0.2, 0.25) is 0 Å². The van der Waals surface area contributed by atoms with Gasteiger partial charge in [0.1, 0.15) is 5.78 Å². The van der Waals surface area contributed by atoms with E-state index in [9.17, 15) is 4.79 Å². The number of carbonyl (C=O) groups is 1. The number of nitrogens with zero attached hydrogens (tertiary/aromatic N) is 1. The summed E-state index contributed by atoms with van der Waals surface area (Å²) in [5.74, 6) is 0.291. The Morgan fingerprint density at radius 1 is 1.35 bits per heavy atom. The van der Waals surface area contributed by atoms with Gasteiger partial charge in [0.15, 0.2) is 0 Å². The Bertz CT molecular complexity index is 547. The first-order chi connectivity index (χ1) is 8.11. The zero-order valence-electron chi connectivity index (χ0n) is 9.85. The highest BCUT2D eigenvalue weighted by Gasteiger charge is 2.21. The number of ketones is 1. The first-order valence-corrected chi connectivity index (χ1v) is 6.50. The number of rotatable bonds is 3. The van der Waals surface area contributed by atoms with E-state index in [-0.39, 0.29) is 16.5 Å². The Morgan fingerprint density at radius 2 is 2.12 bits per heavy atom.